The topological polar surface area (TPSA) is 109 Å². The normalized spacial score (nSPS) is 11.5. The second-order valence-electron chi connectivity index (χ2n) is 4.14. The van der Waals surface area contributed by atoms with Crippen molar-refractivity contribution < 1.29 is 17.9 Å². The lowest BCUT2D eigenvalue weighted by atomic mass is 10.3. The highest BCUT2D eigenvalue weighted by Crippen LogP contribution is 2.07. The highest BCUT2D eigenvalue weighted by molar-refractivity contribution is 7.89. The Hall–Kier alpha value is -1.97. The fourth-order valence-corrected chi connectivity index (χ4v) is 1.84. The molecule has 21 heavy (non-hydrogen) atoms. The van der Waals surface area contributed by atoms with E-state index in [1.165, 1.54) is 0 Å². The summed E-state index contributed by atoms with van der Waals surface area (Å²) < 4.78 is 33.3. The van der Waals surface area contributed by atoms with Crippen molar-refractivity contribution in [1.29, 1.82) is 0 Å². The molecular formula is C12H16N4O4S. The summed E-state index contributed by atoms with van der Waals surface area (Å²) in [5, 5.41) is 8.99. The van der Waals surface area contributed by atoms with Crippen LogP contribution in [0.4, 0.5) is 0 Å². The van der Waals surface area contributed by atoms with Crippen LogP contribution in [-0.4, -0.2) is 48.8 Å². The maximum atomic E-state index is 10.7. The van der Waals surface area contributed by atoms with Gasteiger partial charge in [0.25, 0.3) is 0 Å². The number of nitrogens with two attached hydrogens (primary N) is 1. The number of sulfonamides is 1. The van der Waals surface area contributed by atoms with Crippen molar-refractivity contribution in [3.05, 3.63) is 36.7 Å². The molecule has 0 aliphatic rings. The van der Waals surface area contributed by atoms with Crippen LogP contribution in [0.5, 0.6) is 6.01 Å². The van der Waals surface area contributed by atoms with Crippen LogP contribution in [0.1, 0.15) is 0 Å². The first-order valence-electron chi connectivity index (χ1n) is 6.23. The first-order chi connectivity index (χ1) is 10.0. The molecule has 0 fully saturated rings. The predicted octanol–water partition coefficient (Wildman–Crippen LogP) is -0.0488. The maximum Gasteiger partial charge on any atom is 0.335 e. The highest BCUT2D eigenvalue weighted by atomic mass is 32.2. The van der Waals surface area contributed by atoms with E-state index in [9.17, 15) is 8.42 Å². The Morgan fingerprint density at radius 2 is 1.90 bits per heavy atom. The number of hydrogen-bond acceptors (Lipinski definition) is 6. The number of ether oxygens (including phenoxy) is 2. The zero-order chi connectivity index (χ0) is 15.1. The molecule has 0 saturated carbocycles. The van der Waals surface area contributed by atoms with Crippen molar-refractivity contribution >= 4 is 10.0 Å². The van der Waals surface area contributed by atoms with Gasteiger partial charge in [-0.05, 0) is 12.1 Å². The molecule has 0 aliphatic heterocycles. The van der Waals surface area contributed by atoms with Crippen LogP contribution in [0.25, 0.3) is 5.69 Å². The lowest BCUT2D eigenvalue weighted by Gasteiger charge is -2.03. The number of rotatable bonds is 8. The number of benzene rings is 1. The summed E-state index contributed by atoms with van der Waals surface area (Å²) in [5.41, 5.74) is 0.879. The van der Waals surface area contributed by atoms with Gasteiger partial charge >= 0.3 is 6.01 Å². The van der Waals surface area contributed by atoms with E-state index in [2.05, 4.69) is 10.1 Å². The maximum absolute atomic E-state index is 10.7. The quantitative estimate of drug-likeness (QED) is 0.684. The number of aromatic nitrogens is 3. The van der Waals surface area contributed by atoms with Gasteiger partial charge in [0.1, 0.15) is 12.9 Å². The van der Waals surface area contributed by atoms with E-state index in [-0.39, 0.29) is 31.6 Å². The molecule has 1 aromatic carbocycles. The van der Waals surface area contributed by atoms with Gasteiger partial charge in [-0.15, -0.1) is 5.10 Å². The van der Waals surface area contributed by atoms with Crippen LogP contribution in [0.3, 0.4) is 0 Å². The second kappa shape index (κ2) is 7.16. The van der Waals surface area contributed by atoms with Gasteiger partial charge in [0, 0.05) is 0 Å². The molecule has 0 unspecified atom stereocenters. The molecule has 2 aromatic rings. The van der Waals surface area contributed by atoms with E-state index in [0.717, 1.165) is 5.69 Å². The molecule has 114 valence electrons. The number of nitrogens with zero attached hydrogens (tertiary/aromatic N) is 3. The van der Waals surface area contributed by atoms with Gasteiger partial charge in [0.2, 0.25) is 10.0 Å². The Morgan fingerprint density at radius 1 is 1.14 bits per heavy atom. The minimum atomic E-state index is -3.48. The monoisotopic (exact) mass is 312 g/mol. The minimum absolute atomic E-state index is 0.0358. The zero-order valence-electron chi connectivity index (χ0n) is 11.3. The molecule has 2 rings (SSSR count). The Morgan fingerprint density at radius 3 is 2.62 bits per heavy atom. The van der Waals surface area contributed by atoms with E-state index in [1.807, 2.05) is 30.3 Å². The van der Waals surface area contributed by atoms with Crippen LogP contribution in [0.2, 0.25) is 0 Å². The number of primary sulfonamides is 1. The molecule has 8 nitrogen and oxygen atoms in total. The summed E-state index contributed by atoms with van der Waals surface area (Å²) in [5.74, 6) is -0.214. The lowest BCUT2D eigenvalue weighted by molar-refractivity contribution is 0.107. The summed E-state index contributed by atoms with van der Waals surface area (Å²) in [6, 6.07) is 9.74. The predicted molar refractivity (Wildman–Crippen MR) is 75.6 cm³/mol. The van der Waals surface area contributed by atoms with Gasteiger partial charge < -0.3 is 9.47 Å². The summed E-state index contributed by atoms with van der Waals surface area (Å²) in [7, 11) is -3.48. The van der Waals surface area contributed by atoms with Gasteiger partial charge in [-0.1, -0.05) is 18.2 Å². The largest absolute Gasteiger partial charge is 0.460 e. The van der Waals surface area contributed by atoms with Crippen LogP contribution < -0.4 is 9.88 Å². The van der Waals surface area contributed by atoms with Gasteiger partial charge in [-0.3, -0.25) is 0 Å². The van der Waals surface area contributed by atoms with Crippen LogP contribution >= 0.6 is 0 Å². The van der Waals surface area contributed by atoms with Crippen molar-refractivity contribution in [2.45, 2.75) is 0 Å². The van der Waals surface area contributed by atoms with Crippen LogP contribution in [0, 0.1) is 0 Å². The molecule has 0 atom stereocenters. The van der Waals surface area contributed by atoms with Crippen molar-refractivity contribution in [2.24, 2.45) is 5.14 Å². The average molecular weight is 312 g/mol. The Balaban J connectivity index is 1.72. The third-order valence-electron chi connectivity index (χ3n) is 2.46. The average Bonchev–Trinajstić information content (AvgIpc) is 2.91. The van der Waals surface area contributed by atoms with Gasteiger partial charge in [0.05, 0.1) is 24.7 Å². The van der Waals surface area contributed by atoms with Crippen molar-refractivity contribution in [3.63, 3.8) is 0 Å². The Kier molecular flexibility index (Phi) is 5.26. The molecule has 0 saturated heterocycles. The van der Waals surface area contributed by atoms with Crippen molar-refractivity contribution in [3.8, 4) is 11.7 Å². The molecule has 0 amide bonds. The summed E-state index contributed by atoms with van der Waals surface area (Å²) in [6.07, 6.45) is 1.55. The minimum Gasteiger partial charge on any atom is -0.460 e. The van der Waals surface area contributed by atoms with E-state index in [0.29, 0.717) is 0 Å². The molecule has 1 heterocycles. The summed E-state index contributed by atoms with van der Waals surface area (Å²) in [6.45, 7) is 0.493. The first kappa shape index (κ1) is 15.4. The molecule has 0 aliphatic carbocycles. The number of hydrogen-bond donors (Lipinski definition) is 1. The smallest absolute Gasteiger partial charge is 0.335 e. The molecule has 0 radical (unpaired) electrons. The highest BCUT2D eigenvalue weighted by Gasteiger charge is 2.04. The lowest BCUT2D eigenvalue weighted by Crippen LogP contribution is -2.21. The molecule has 1 aromatic heterocycles. The second-order valence-corrected chi connectivity index (χ2v) is 5.87. The fourth-order valence-electron chi connectivity index (χ4n) is 1.49. The van der Waals surface area contributed by atoms with E-state index < -0.39 is 10.0 Å². The molecular weight excluding hydrogens is 296 g/mol. The van der Waals surface area contributed by atoms with E-state index >= 15 is 0 Å². The first-order valence-corrected chi connectivity index (χ1v) is 7.94. The van der Waals surface area contributed by atoms with Crippen molar-refractivity contribution in [2.75, 3.05) is 25.6 Å². The van der Waals surface area contributed by atoms with E-state index in [1.54, 1.807) is 11.0 Å². The summed E-state index contributed by atoms with van der Waals surface area (Å²) >= 11 is 0. The Labute approximate surface area is 122 Å². The third kappa shape index (κ3) is 5.50. The molecule has 0 bridgehead atoms. The third-order valence-corrected chi connectivity index (χ3v) is 3.20. The number of para-hydroxylation sites is 1. The molecule has 9 heteroatoms. The molecule has 0 spiro atoms. The SMILES string of the molecule is NS(=O)(=O)CCOCCOc1ncn(-c2ccccc2)n1. The van der Waals surface area contributed by atoms with Gasteiger partial charge in [-0.25, -0.2) is 18.2 Å². The van der Waals surface area contributed by atoms with Crippen molar-refractivity contribution in [1.82, 2.24) is 14.8 Å². The van der Waals surface area contributed by atoms with E-state index in [4.69, 9.17) is 14.6 Å². The van der Waals surface area contributed by atoms with Gasteiger partial charge in [-0.2, -0.15) is 4.98 Å². The summed E-state index contributed by atoms with van der Waals surface area (Å²) in [4.78, 5) is 4.01. The van der Waals surface area contributed by atoms with Crippen LogP contribution in [0.15, 0.2) is 36.7 Å². The van der Waals surface area contributed by atoms with Crippen LogP contribution in [-0.2, 0) is 14.8 Å². The standard InChI is InChI=1S/C12H16N4O4S/c13-21(17,18)9-8-19-6-7-20-12-14-10-16(15-12)11-4-2-1-3-5-11/h1-5,10H,6-9H2,(H2,13,17,18). The van der Waals surface area contributed by atoms with Gasteiger partial charge in [0.15, 0.2) is 0 Å². The fraction of sp³-hybridized carbons (Fsp3) is 0.333. The Bertz CT molecular complexity index is 657. The zero-order valence-corrected chi connectivity index (χ0v) is 12.1. The molecule has 2 N–H and O–H groups in total.